The lowest BCUT2D eigenvalue weighted by Crippen LogP contribution is -2.31. The monoisotopic (exact) mass is 465 g/mol. The molecule has 2 aromatic carbocycles. The van der Waals surface area contributed by atoms with Gasteiger partial charge in [0, 0.05) is 48.3 Å². The summed E-state index contributed by atoms with van der Waals surface area (Å²) in [5.41, 5.74) is 3.87. The Morgan fingerprint density at radius 1 is 1.19 bits per heavy atom. The van der Waals surface area contributed by atoms with Crippen molar-refractivity contribution in [1.29, 1.82) is 0 Å². The van der Waals surface area contributed by atoms with Crippen LogP contribution in [-0.2, 0) is 17.9 Å². The molecule has 1 aromatic heterocycles. The Labute approximate surface area is 197 Å². The molecule has 0 bridgehead atoms. The summed E-state index contributed by atoms with van der Waals surface area (Å²) in [4.78, 5) is 19.3. The molecule has 32 heavy (non-hydrogen) atoms. The molecule has 0 aliphatic carbocycles. The molecule has 2 heterocycles. The zero-order chi connectivity index (χ0) is 22.2. The fourth-order valence-electron chi connectivity index (χ4n) is 3.46. The number of nitrogens with one attached hydrogen (secondary N) is 1. The fourth-order valence-corrected chi connectivity index (χ4v) is 5.04. The summed E-state index contributed by atoms with van der Waals surface area (Å²) in [6, 6.07) is 15.8. The van der Waals surface area contributed by atoms with Crippen molar-refractivity contribution in [2.45, 2.75) is 20.1 Å². The third-order valence-corrected chi connectivity index (χ3v) is 6.81. The van der Waals surface area contributed by atoms with Crippen molar-refractivity contribution in [3.63, 3.8) is 0 Å². The zero-order valence-electron chi connectivity index (χ0n) is 18.1. The molecule has 0 unspecified atom stereocenters. The molecule has 3 aromatic rings. The predicted molar refractivity (Wildman–Crippen MR) is 134 cm³/mol. The van der Waals surface area contributed by atoms with Crippen LogP contribution in [0.4, 0.5) is 5.69 Å². The molecular weight excluding hydrogens is 438 g/mol. The molecule has 1 aliphatic heterocycles. The first kappa shape index (κ1) is 22.6. The summed E-state index contributed by atoms with van der Waals surface area (Å²) in [6.07, 6.45) is 3.35. The second-order valence-corrected chi connectivity index (χ2v) is 9.92. The van der Waals surface area contributed by atoms with Gasteiger partial charge in [0.25, 0.3) is 0 Å². The van der Waals surface area contributed by atoms with Crippen LogP contribution in [0.5, 0.6) is 5.75 Å². The van der Waals surface area contributed by atoms with Gasteiger partial charge in [0.15, 0.2) is 0 Å². The number of hydrogen-bond donors (Lipinski definition) is 1. The highest BCUT2D eigenvalue weighted by atomic mass is 32.2. The number of rotatable bonds is 8. The molecule has 5 nitrogen and oxygen atoms in total. The molecule has 1 saturated heterocycles. The van der Waals surface area contributed by atoms with Gasteiger partial charge < -0.3 is 10.1 Å². The highest BCUT2D eigenvalue weighted by Gasteiger charge is 2.11. The number of thiazole rings is 1. The summed E-state index contributed by atoms with van der Waals surface area (Å²) >= 11 is 3.63. The van der Waals surface area contributed by atoms with E-state index in [0.29, 0.717) is 6.61 Å². The lowest BCUT2D eigenvalue weighted by atomic mass is 10.1. The van der Waals surface area contributed by atoms with Crippen LogP contribution in [-0.4, -0.2) is 40.4 Å². The van der Waals surface area contributed by atoms with E-state index in [1.54, 1.807) is 23.5 Å². The Balaban J connectivity index is 1.30. The number of amides is 1. The Morgan fingerprint density at radius 2 is 2.03 bits per heavy atom. The predicted octanol–water partition coefficient (Wildman–Crippen LogP) is 5.23. The average Bonchev–Trinajstić information content (AvgIpc) is 3.23. The number of hydrogen-bond acceptors (Lipinski definition) is 6. The van der Waals surface area contributed by atoms with E-state index in [1.165, 1.54) is 17.1 Å². The van der Waals surface area contributed by atoms with Crippen molar-refractivity contribution in [3.8, 4) is 5.75 Å². The molecule has 1 aliphatic rings. The highest BCUT2D eigenvalue weighted by molar-refractivity contribution is 7.99. The van der Waals surface area contributed by atoms with E-state index in [0.717, 1.165) is 47.3 Å². The quantitative estimate of drug-likeness (QED) is 0.462. The molecule has 0 saturated carbocycles. The van der Waals surface area contributed by atoms with Gasteiger partial charge in [-0.1, -0.05) is 24.3 Å². The first-order valence-electron chi connectivity index (χ1n) is 10.7. The summed E-state index contributed by atoms with van der Waals surface area (Å²) in [5.74, 6) is 2.98. The molecule has 1 amide bonds. The third kappa shape index (κ3) is 6.95. The topological polar surface area (TPSA) is 54.5 Å². The highest BCUT2D eigenvalue weighted by Crippen LogP contribution is 2.18. The summed E-state index contributed by atoms with van der Waals surface area (Å²) in [7, 11) is 0. The second-order valence-electron chi connectivity index (χ2n) is 7.63. The van der Waals surface area contributed by atoms with E-state index >= 15 is 0 Å². The minimum atomic E-state index is -0.152. The van der Waals surface area contributed by atoms with Crippen molar-refractivity contribution < 1.29 is 9.53 Å². The minimum absolute atomic E-state index is 0.152. The van der Waals surface area contributed by atoms with Crippen LogP contribution in [0, 0.1) is 6.92 Å². The number of carbonyl (C=O) groups is 1. The van der Waals surface area contributed by atoms with Crippen LogP contribution >= 0.6 is 23.1 Å². The minimum Gasteiger partial charge on any atom is -0.487 e. The number of aromatic nitrogens is 1. The molecular formula is C25H27N3O2S2. The molecule has 7 heteroatoms. The van der Waals surface area contributed by atoms with E-state index in [4.69, 9.17) is 4.74 Å². The van der Waals surface area contributed by atoms with Gasteiger partial charge >= 0.3 is 0 Å². The molecule has 4 rings (SSSR count). The lowest BCUT2D eigenvalue weighted by molar-refractivity contribution is -0.111. The van der Waals surface area contributed by atoms with Crippen molar-refractivity contribution in [2.24, 2.45) is 0 Å². The molecule has 1 N–H and O–H groups in total. The Hall–Kier alpha value is -2.61. The van der Waals surface area contributed by atoms with Crippen LogP contribution in [0.3, 0.4) is 0 Å². The van der Waals surface area contributed by atoms with Gasteiger partial charge in [-0.15, -0.1) is 11.3 Å². The molecule has 0 atom stereocenters. The SMILES string of the molecule is Cc1nc(COc2cccc(/C=C/C(=O)Nc3cccc(CN4CCSCC4)c3)c2)cs1. The maximum atomic E-state index is 12.4. The number of nitrogens with zero attached hydrogens (tertiary/aromatic N) is 2. The van der Waals surface area contributed by atoms with Gasteiger partial charge in [-0.3, -0.25) is 9.69 Å². The largest absolute Gasteiger partial charge is 0.487 e. The van der Waals surface area contributed by atoms with Gasteiger partial charge in [0.1, 0.15) is 12.4 Å². The first-order chi connectivity index (χ1) is 15.6. The number of anilines is 1. The molecule has 0 spiro atoms. The van der Waals surface area contributed by atoms with E-state index < -0.39 is 0 Å². The number of ether oxygens (including phenoxy) is 1. The van der Waals surface area contributed by atoms with Crippen molar-refractivity contribution in [3.05, 3.63) is 81.8 Å². The van der Waals surface area contributed by atoms with Gasteiger partial charge in [0.05, 0.1) is 10.7 Å². The fraction of sp³-hybridized carbons (Fsp3) is 0.280. The van der Waals surface area contributed by atoms with E-state index in [1.807, 2.05) is 60.5 Å². The van der Waals surface area contributed by atoms with E-state index in [-0.39, 0.29) is 5.91 Å². The Morgan fingerprint density at radius 3 is 2.84 bits per heavy atom. The van der Waals surface area contributed by atoms with Gasteiger partial charge in [0.2, 0.25) is 5.91 Å². The Bertz CT molecular complexity index is 1070. The number of benzene rings is 2. The normalized spacial score (nSPS) is 14.5. The van der Waals surface area contributed by atoms with Crippen molar-refractivity contribution in [2.75, 3.05) is 29.9 Å². The van der Waals surface area contributed by atoms with Gasteiger partial charge in [-0.05, 0) is 48.4 Å². The van der Waals surface area contributed by atoms with Crippen LogP contribution < -0.4 is 10.1 Å². The Kier molecular flexibility index (Phi) is 7.98. The van der Waals surface area contributed by atoms with Crippen LogP contribution in [0.15, 0.2) is 60.0 Å². The summed E-state index contributed by atoms with van der Waals surface area (Å²) in [5, 5.41) is 6.00. The maximum Gasteiger partial charge on any atom is 0.248 e. The van der Waals surface area contributed by atoms with Crippen molar-refractivity contribution in [1.82, 2.24) is 9.88 Å². The van der Waals surface area contributed by atoms with Crippen LogP contribution in [0.1, 0.15) is 21.8 Å². The maximum absolute atomic E-state index is 12.4. The van der Waals surface area contributed by atoms with Crippen LogP contribution in [0.2, 0.25) is 0 Å². The molecule has 166 valence electrons. The summed E-state index contributed by atoms with van der Waals surface area (Å²) < 4.78 is 5.83. The first-order valence-corrected chi connectivity index (χ1v) is 12.7. The molecule has 1 fully saturated rings. The van der Waals surface area contributed by atoms with Gasteiger partial charge in [-0.2, -0.15) is 11.8 Å². The standard InChI is InChI=1S/C25H27N3O2S2/c1-19-26-23(18-32-19)17-30-24-7-3-4-20(15-24)8-9-25(29)27-22-6-2-5-21(14-22)16-28-10-12-31-13-11-28/h2-9,14-15,18H,10-13,16-17H2,1H3,(H,27,29)/b9-8+. The van der Waals surface area contributed by atoms with Crippen molar-refractivity contribution >= 4 is 40.8 Å². The molecule has 0 radical (unpaired) electrons. The second kappa shape index (κ2) is 11.3. The zero-order valence-corrected chi connectivity index (χ0v) is 19.8. The number of thioether (sulfide) groups is 1. The summed E-state index contributed by atoms with van der Waals surface area (Å²) in [6.45, 7) is 5.58. The van der Waals surface area contributed by atoms with E-state index in [9.17, 15) is 4.79 Å². The third-order valence-electron chi connectivity index (χ3n) is 5.04. The van der Waals surface area contributed by atoms with Gasteiger partial charge in [-0.25, -0.2) is 4.98 Å². The number of carbonyl (C=O) groups excluding carboxylic acids is 1. The van der Waals surface area contributed by atoms with Crippen LogP contribution in [0.25, 0.3) is 6.08 Å². The smallest absolute Gasteiger partial charge is 0.248 e. The van der Waals surface area contributed by atoms with E-state index in [2.05, 4.69) is 27.3 Å². The lowest BCUT2D eigenvalue weighted by Gasteiger charge is -2.26. The number of aryl methyl sites for hydroxylation is 1. The average molecular weight is 466 g/mol.